The van der Waals surface area contributed by atoms with Gasteiger partial charge in [0.1, 0.15) is 30.3 Å². The van der Waals surface area contributed by atoms with Crippen molar-refractivity contribution in [2.45, 2.75) is 64.5 Å². The van der Waals surface area contributed by atoms with Crippen LogP contribution in [0, 0.1) is 0 Å². The van der Waals surface area contributed by atoms with E-state index in [1.165, 1.54) is 41.7 Å². The molecule has 2 aromatic rings. The number of hydrogen-bond donors (Lipinski definition) is 3. The van der Waals surface area contributed by atoms with E-state index in [0.717, 1.165) is 0 Å². The molecule has 1 amide bonds. The number of piperidine rings is 1. The van der Waals surface area contributed by atoms with Crippen LogP contribution < -0.4 is 14.8 Å². The summed E-state index contributed by atoms with van der Waals surface area (Å²) < 4.78 is 75.1. The van der Waals surface area contributed by atoms with E-state index in [1.807, 2.05) is 0 Å². The Morgan fingerprint density at radius 3 is 2.49 bits per heavy atom. The minimum atomic E-state index is -3.72. The number of ether oxygens (including phenoxy) is 4. The first kappa shape index (κ1) is 33.9. The molecule has 45 heavy (non-hydrogen) atoms. The maximum absolute atomic E-state index is 13.2. The van der Waals surface area contributed by atoms with E-state index >= 15 is 0 Å². The summed E-state index contributed by atoms with van der Waals surface area (Å²) in [5.41, 5.74) is -0.594. The number of benzene rings is 2. The van der Waals surface area contributed by atoms with Crippen LogP contribution >= 0.6 is 15.9 Å². The van der Waals surface area contributed by atoms with Gasteiger partial charge in [-0.3, -0.25) is 0 Å². The molecule has 248 valence electrons. The number of nitrogens with one attached hydrogen (secondary N) is 1. The third-order valence-corrected chi connectivity index (χ3v) is 13.6. The van der Waals surface area contributed by atoms with E-state index in [1.54, 1.807) is 12.1 Å². The zero-order valence-corrected chi connectivity index (χ0v) is 27.9. The molecule has 2 aromatic carbocycles. The molecule has 0 unspecified atom stereocenters. The summed E-state index contributed by atoms with van der Waals surface area (Å²) in [5.74, 6) is 0.765. The van der Waals surface area contributed by atoms with Crippen LogP contribution in [-0.4, -0.2) is 107 Å². The lowest BCUT2D eigenvalue weighted by molar-refractivity contribution is -0.0325. The van der Waals surface area contributed by atoms with Gasteiger partial charge in [0.05, 0.1) is 51.5 Å². The van der Waals surface area contributed by atoms with E-state index in [9.17, 15) is 31.8 Å². The smallest absolute Gasteiger partial charge is 0.407 e. The van der Waals surface area contributed by atoms with Gasteiger partial charge in [-0.25, -0.2) is 21.6 Å². The first-order valence-electron chi connectivity index (χ1n) is 14.5. The topological polar surface area (TPSA) is 178 Å². The van der Waals surface area contributed by atoms with Crippen LogP contribution in [0.1, 0.15) is 32.1 Å². The summed E-state index contributed by atoms with van der Waals surface area (Å²) in [5, 5.41) is 22.3. The Balaban J connectivity index is 1.04. The maximum atomic E-state index is 13.2. The van der Waals surface area contributed by atoms with E-state index in [2.05, 4.69) is 21.2 Å². The van der Waals surface area contributed by atoms with Gasteiger partial charge >= 0.3 is 6.09 Å². The molecule has 3 aliphatic rings. The van der Waals surface area contributed by atoms with E-state index < -0.39 is 55.1 Å². The zero-order chi connectivity index (χ0) is 32.5. The van der Waals surface area contributed by atoms with E-state index in [4.69, 9.17) is 18.9 Å². The van der Waals surface area contributed by atoms with E-state index in [-0.39, 0.29) is 48.4 Å². The summed E-state index contributed by atoms with van der Waals surface area (Å²) >= 11 is 3.33. The number of carbonyl (C=O) groups excluding carboxylic acids is 1. The molecule has 0 radical (unpaired) electrons. The Bertz CT molecular complexity index is 1610. The van der Waals surface area contributed by atoms with Gasteiger partial charge < -0.3 is 34.5 Å². The van der Waals surface area contributed by atoms with Crippen molar-refractivity contribution < 1.29 is 50.8 Å². The third-order valence-electron chi connectivity index (χ3n) is 8.55. The minimum absolute atomic E-state index is 0.0390. The molecule has 0 bridgehead atoms. The number of amides is 1. The van der Waals surface area contributed by atoms with Crippen molar-refractivity contribution in [1.82, 2.24) is 9.62 Å². The lowest BCUT2D eigenvalue weighted by Crippen LogP contribution is -2.46. The highest BCUT2D eigenvalue weighted by Crippen LogP contribution is 2.46. The second-order valence-electron chi connectivity index (χ2n) is 11.6. The number of aliphatic hydroxyl groups excluding tert-OH is 2. The van der Waals surface area contributed by atoms with Gasteiger partial charge in [0, 0.05) is 19.5 Å². The molecule has 3 N–H and O–H groups in total. The summed E-state index contributed by atoms with van der Waals surface area (Å²) in [6, 6.07) is 10.5. The number of rotatable bonds is 12. The molecule has 2 saturated heterocycles. The highest BCUT2D eigenvalue weighted by Gasteiger charge is 2.54. The van der Waals surface area contributed by atoms with Crippen LogP contribution in [0.2, 0.25) is 0 Å². The molecule has 3 fully saturated rings. The number of sulfone groups is 1. The largest absolute Gasteiger partial charge is 0.496 e. The maximum Gasteiger partial charge on any atom is 0.407 e. The average molecular weight is 734 g/mol. The van der Waals surface area contributed by atoms with Crippen LogP contribution in [0.3, 0.4) is 0 Å². The lowest BCUT2D eigenvalue weighted by Gasteiger charge is -2.37. The van der Waals surface area contributed by atoms with Gasteiger partial charge in [-0.05, 0) is 78.0 Å². The third kappa shape index (κ3) is 7.26. The SMILES string of the molecule is COc1ccc(S(=O)(=O)N2CCC3(CC2)C[C@@H](OC(=O)NC[C@H](O)COc2cccc(S(=O)(=O)C4(CO)CC4)c2)CO3)cc1Br. The van der Waals surface area contributed by atoms with Gasteiger partial charge in [0.15, 0.2) is 9.84 Å². The average Bonchev–Trinajstić information content (AvgIpc) is 3.76. The molecule has 16 heteroatoms. The summed E-state index contributed by atoms with van der Waals surface area (Å²) in [6.45, 7) is -0.132. The Morgan fingerprint density at radius 1 is 1.11 bits per heavy atom. The Labute approximate surface area is 270 Å². The summed E-state index contributed by atoms with van der Waals surface area (Å²) in [6.07, 6.45) is -0.251. The number of sulfonamides is 1. The van der Waals surface area contributed by atoms with Gasteiger partial charge in [-0.1, -0.05) is 6.07 Å². The molecule has 2 aliphatic heterocycles. The van der Waals surface area contributed by atoms with Crippen molar-refractivity contribution in [1.29, 1.82) is 0 Å². The van der Waals surface area contributed by atoms with Gasteiger partial charge in [0.25, 0.3) is 0 Å². The zero-order valence-electron chi connectivity index (χ0n) is 24.7. The first-order chi connectivity index (χ1) is 21.3. The van der Waals surface area contributed by atoms with Crippen molar-refractivity contribution in [2.24, 2.45) is 0 Å². The van der Waals surface area contributed by atoms with Crippen LogP contribution in [0.25, 0.3) is 0 Å². The number of halogens is 1. The monoisotopic (exact) mass is 732 g/mol. The van der Waals surface area contributed by atoms with Crippen molar-refractivity contribution in [2.75, 3.05) is 46.6 Å². The normalized spacial score (nSPS) is 21.6. The molecule has 5 rings (SSSR count). The quantitative estimate of drug-likeness (QED) is 0.292. The second-order valence-corrected chi connectivity index (χ2v) is 16.7. The molecule has 1 saturated carbocycles. The molecule has 1 aliphatic carbocycles. The number of aliphatic hydroxyl groups is 2. The fourth-order valence-electron chi connectivity index (χ4n) is 5.60. The second kappa shape index (κ2) is 13.3. The molecule has 13 nitrogen and oxygen atoms in total. The first-order valence-corrected chi connectivity index (χ1v) is 18.2. The highest BCUT2D eigenvalue weighted by atomic mass is 79.9. The Kier molecular flexibility index (Phi) is 10.0. The van der Waals surface area contributed by atoms with Crippen LogP contribution in [0.4, 0.5) is 4.79 Å². The fraction of sp³-hybridized carbons (Fsp3) is 0.552. The van der Waals surface area contributed by atoms with Gasteiger partial charge in [0.2, 0.25) is 10.0 Å². The van der Waals surface area contributed by atoms with E-state index in [0.29, 0.717) is 42.3 Å². The van der Waals surface area contributed by atoms with Crippen molar-refractivity contribution in [3.8, 4) is 11.5 Å². The number of hydrogen-bond acceptors (Lipinski definition) is 11. The molecule has 1 spiro atoms. The van der Waals surface area contributed by atoms with Crippen LogP contribution in [0.15, 0.2) is 56.7 Å². The molecular formula is C29H37BrN2O11S2. The number of alkyl carbamates (subject to hydrolysis) is 1. The number of nitrogens with zero attached hydrogens (tertiary/aromatic N) is 1. The predicted octanol–water partition coefficient (Wildman–Crippen LogP) is 2.23. The Hall–Kier alpha value is -2.47. The predicted molar refractivity (Wildman–Crippen MR) is 164 cm³/mol. The molecular weight excluding hydrogens is 696 g/mol. The minimum Gasteiger partial charge on any atom is -0.496 e. The summed E-state index contributed by atoms with van der Waals surface area (Å²) in [7, 11) is -5.93. The van der Waals surface area contributed by atoms with Crippen molar-refractivity contribution in [3.63, 3.8) is 0 Å². The molecule has 2 atom stereocenters. The fourth-order valence-corrected chi connectivity index (χ4v) is 9.59. The standard InChI is InChI=1S/C29H37BrN2O11S2/c1-40-26-6-5-24(14-25(26)30)45(38,39)32-11-9-28(10-12-32)15-22(18-42-28)43-27(35)31-16-20(34)17-41-21-3-2-4-23(13-21)44(36,37)29(19-33)7-8-29/h2-6,13-14,20,22,33-34H,7-12,15-19H2,1H3,(H,31,35)/t20-,22+/m0/s1. The number of carbonyl (C=O) groups is 1. The van der Waals surface area contributed by atoms with Crippen LogP contribution in [0.5, 0.6) is 11.5 Å². The van der Waals surface area contributed by atoms with Crippen LogP contribution in [-0.2, 0) is 29.3 Å². The van der Waals surface area contributed by atoms with Gasteiger partial charge in [-0.15, -0.1) is 0 Å². The van der Waals surface area contributed by atoms with Gasteiger partial charge in [-0.2, -0.15) is 4.31 Å². The highest BCUT2D eigenvalue weighted by molar-refractivity contribution is 9.10. The molecule has 0 aromatic heterocycles. The van der Waals surface area contributed by atoms with Crippen molar-refractivity contribution in [3.05, 3.63) is 46.9 Å². The molecule has 2 heterocycles. The lowest BCUT2D eigenvalue weighted by atomic mass is 9.89. The Morgan fingerprint density at radius 2 is 1.84 bits per heavy atom. The summed E-state index contributed by atoms with van der Waals surface area (Å²) in [4.78, 5) is 12.6. The number of methoxy groups -OCH3 is 1. The van der Waals surface area contributed by atoms with Crippen molar-refractivity contribution >= 4 is 41.9 Å².